The van der Waals surface area contributed by atoms with Crippen molar-refractivity contribution >= 4 is 6.83 Å². The Bertz CT molecular complexity index is 90.8. The quantitative estimate of drug-likeness (QED) is 0.459. The van der Waals surface area contributed by atoms with Crippen LogP contribution in [0.3, 0.4) is 0 Å². The van der Waals surface area contributed by atoms with E-state index in [0.717, 1.165) is 6.61 Å². The van der Waals surface area contributed by atoms with Gasteiger partial charge in [-0.3, -0.25) is 0 Å². The fourth-order valence-corrected chi connectivity index (χ4v) is 3.21. The summed E-state index contributed by atoms with van der Waals surface area (Å²) in [6.45, 7) is 6.38. The molecule has 1 aliphatic rings. The van der Waals surface area contributed by atoms with Crippen molar-refractivity contribution in [2.45, 2.75) is 6.42 Å². The predicted octanol–water partition coefficient (Wildman–Crippen LogP) is 1.76. The van der Waals surface area contributed by atoms with Crippen LogP contribution in [0.1, 0.15) is 6.42 Å². The summed E-state index contributed by atoms with van der Waals surface area (Å²) >= 11 is 0. The van der Waals surface area contributed by atoms with Gasteiger partial charge in [0, 0.05) is 0 Å². The van der Waals surface area contributed by atoms with Gasteiger partial charge in [0.25, 0.3) is 0 Å². The predicted molar refractivity (Wildman–Crippen MR) is 40.1 cm³/mol. The molecular weight excluding hydrogens is 119 g/mol. The number of hydrogen-bond donors (Lipinski definition) is 0. The summed E-state index contributed by atoms with van der Waals surface area (Å²) < 4.78 is 5.66. The van der Waals surface area contributed by atoms with Crippen molar-refractivity contribution in [1.82, 2.24) is 0 Å². The van der Waals surface area contributed by atoms with Crippen LogP contribution in [0.2, 0.25) is 0 Å². The fourth-order valence-electron chi connectivity index (χ4n) is 1.07. The summed E-state index contributed by atoms with van der Waals surface area (Å²) in [5, 5.41) is 0. The summed E-state index contributed by atoms with van der Waals surface area (Å²) in [5.41, 5.74) is 0. The van der Waals surface area contributed by atoms with Crippen LogP contribution in [0.25, 0.3) is 0 Å². The third-order valence-corrected chi connectivity index (χ3v) is 4.61. The van der Waals surface area contributed by atoms with Gasteiger partial charge in [-0.25, -0.2) is 0 Å². The normalized spacial score (nSPS) is 38.1. The molecule has 1 saturated heterocycles. The van der Waals surface area contributed by atoms with Crippen LogP contribution >= 0.6 is 6.83 Å². The van der Waals surface area contributed by atoms with E-state index in [-0.39, 0.29) is 0 Å². The third kappa shape index (κ3) is 1.43. The molecule has 1 nitrogen and oxygen atoms in total. The van der Waals surface area contributed by atoms with Crippen LogP contribution in [0.5, 0.6) is 0 Å². The van der Waals surface area contributed by atoms with E-state index < -0.39 is 6.83 Å². The van der Waals surface area contributed by atoms with Gasteiger partial charge in [-0.1, -0.05) is 0 Å². The first-order chi connectivity index (χ1) is 3.47. The SMILES string of the molecule is CP1(C)(C)CCCO1. The van der Waals surface area contributed by atoms with Gasteiger partial charge in [0.05, 0.1) is 0 Å². The Hall–Kier alpha value is 0.390. The van der Waals surface area contributed by atoms with Crippen molar-refractivity contribution in [2.24, 2.45) is 0 Å². The van der Waals surface area contributed by atoms with Crippen LogP contribution in [0.15, 0.2) is 0 Å². The van der Waals surface area contributed by atoms with Crippen molar-refractivity contribution in [1.29, 1.82) is 0 Å². The zero-order valence-corrected chi connectivity index (χ0v) is 6.87. The molecule has 0 aromatic carbocycles. The van der Waals surface area contributed by atoms with Gasteiger partial charge in [0.2, 0.25) is 0 Å². The Labute approximate surface area is 51.4 Å². The van der Waals surface area contributed by atoms with Crippen LogP contribution < -0.4 is 0 Å². The second kappa shape index (κ2) is 1.46. The minimum atomic E-state index is -1.49. The molecule has 1 heterocycles. The van der Waals surface area contributed by atoms with E-state index in [1.54, 1.807) is 0 Å². The third-order valence-electron chi connectivity index (χ3n) is 1.63. The van der Waals surface area contributed by atoms with Gasteiger partial charge >= 0.3 is 50.5 Å². The Kier molecular flexibility index (Phi) is 1.19. The molecule has 2 heteroatoms. The molecule has 0 spiro atoms. The summed E-state index contributed by atoms with van der Waals surface area (Å²) in [6.07, 6.45) is 2.60. The Morgan fingerprint density at radius 1 is 1.25 bits per heavy atom. The monoisotopic (exact) mass is 134 g/mol. The summed E-state index contributed by atoms with van der Waals surface area (Å²) in [5.74, 6) is 0. The van der Waals surface area contributed by atoms with Crippen molar-refractivity contribution in [3.63, 3.8) is 0 Å². The molecule has 0 aliphatic carbocycles. The molecule has 1 aliphatic heterocycles. The Balaban J connectivity index is 2.67. The van der Waals surface area contributed by atoms with Crippen LogP contribution in [-0.4, -0.2) is 32.8 Å². The van der Waals surface area contributed by atoms with Gasteiger partial charge < -0.3 is 0 Å². The number of rotatable bonds is 0. The Morgan fingerprint density at radius 3 is 2.00 bits per heavy atom. The van der Waals surface area contributed by atoms with Crippen molar-refractivity contribution in [3.05, 3.63) is 0 Å². The molecule has 0 amide bonds. The summed E-state index contributed by atoms with van der Waals surface area (Å²) in [4.78, 5) is 0. The summed E-state index contributed by atoms with van der Waals surface area (Å²) in [7, 11) is 0. The maximum atomic E-state index is 5.66. The average molecular weight is 134 g/mol. The first-order valence-corrected chi connectivity index (χ1v) is 6.81. The van der Waals surface area contributed by atoms with Crippen LogP contribution in [0, 0.1) is 0 Å². The zero-order chi connectivity index (χ0) is 6.28. The molecule has 0 bridgehead atoms. The fraction of sp³-hybridized carbons (Fsp3) is 1.00. The standard InChI is InChI=1S/C6H15OP/c1-8(2,3)6-4-5-7-8/h4-6H2,1-3H3. The van der Waals surface area contributed by atoms with Crippen molar-refractivity contribution < 1.29 is 4.52 Å². The van der Waals surface area contributed by atoms with E-state index in [0.29, 0.717) is 0 Å². The maximum absolute atomic E-state index is 5.66. The van der Waals surface area contributed by atoms with E-state index in [1.165, 1.54) is 12.6 Å². The molecule has 0 atom stereocenters. The van der Waals surface area contributed by atoms with Gasteiger partial charge in [0.1, 0.15) is 0 Å². The molecule has 0 N–H and O–H groups in total. The molecule has 0 saturated carbocycles. The second-order valence-corrected chi connectivity index (χ2v) is 10.5. The first-order valence-electron chi connectivity index (χ1n) is 3.13. The van der Waals surface area contributed by atoms with E-state index in [4.69, 9.17) is 4.52 Å². The molecule has 1 fully saturated rings. The molecule has 0 unspecified atom stereocenters. The zero-order valence-electron chi connectivity index (χ0n) is 5.98. The molecule has 50 valence electrons. The molecule has 1 rings (SSSR count). The van der Waals surface area contributed by atoms with Gasteiger partial charge in [0.15, 0.2) is 0 Å². The van der Waals surface area contributed by atoms with E-state index in [1.807, 2.05) is 0 Å². The molecule has 0 radical (unpaired) electrons. The molecule has 8 heavy (non-hydrogen) atoms. The van der Waals surface area contributed by atoms with Gasteiger partial charge in [-0.15, -0.1) is 0 Å². The Morgan fingerprint density at radius 2 is 1.88 bits per heavy atom. The van der Waals surface area contributed by atoms with Gasteiger partial charge in [-0.2, -0.15) is 0 Å². The molecule has 0 aromatic heterocycles. The van der Waals surface area contributed by atoms with Gasteiger partial charge in [-0.05, 0) is 0 Å². The summed E-state index contributed by atoms with van der Waals surface area (Å²) in [6, 6.07) is 0. The van der Waals surface area contributed by atoms with Crippen LogP contribution in [-0.2, 0) is 4.52 Å². The van der Waals surface area contributed by atoms with Crippen molar-refractivity contribution in [2.75, 3.05) is 32.8 Å². The average Bonchev–Trinajstić information content (AvgIpc) is 1.81. The first kappa shape index (κ1) is 6.51. The molecular formula is C6H15OP. The number of hydrogen-bond acceptors (Lipinski definition) is 1. The second-order valence-electron chi connectivity index (χ2n) is 3.88. The van der Waals surface area contributed by atoms with E-state index >= 15 is 0 Å². The van der Waals surface area contributed by atoms with Crippen molar-refractivity contribution in [3.8, 4) is 0 Å². The van der Waals surface area contributed by atoms with E-state index in [2.05, 4.69) is 20.0 Å². The topological polar surface area (TPSA) is 9.23 Å². The molecule has 0 aromatic rings. The van der Waals surface area contributed by atoms with E-state index in [9.17, 15) is 0 Å². The minimum absolute atomic E-state index is 1.00. The van der Waals surface area contributed by atoms with Crippen LogP contribution in [0.4, 0.5) is 0 Å².